The molecular formula is C16H18F6N2O. The second-order valence-electron chi connectivity index (χ2n) is 6.47. The van der Waals surface area contributed by atoms with Crippen molar-refractivity contribution >= 4 is 11.7 Å². The third kappa shape index (κ3) is 6.32. The summed E-state index contributed by atoms with van der Waals surface area (Å²) in [6.45, 7) is 7.36. The van der Waals surface area contributed by atoms with Gasteiger partial charge < -0.3 is 10.6 Å². The van der Waals surface area contributed by atoms with Gasteiger partial charge in [0.05, 0.1) is 11.1 Å². The van der Waals surface area contributed by atoms with Crippen molar-refractivity contribution in [3.05, 3.63) is 41.1 Å². The third-order valence-electron chi connectivity index (χ3n) is 3.45. The lowest BCUT2D eigenvalue weighted by Gasteiger charge is -2.19. The number of benzene rings is 1. The highest BCUT2D eigenvalue weighted by Crippen LogP contribution is 2.37. The van der Waals surface area contributed by atoms with Crippen molar-refractivity contribution in [2.75, 3.05) is 5.32 Å². The van der Waals surface area contributed by atoms with E-state index in [1.165, 1.54) is 6.20 Å². The zero-order valence-electron chi connectivity index (χ0n) is 14.0. The van der Waals surface area contributed by atoms with Crippen molar-refractivity contribution in [2.24, 2.45) is 5.41 Å². The van der Waals surface area contributed by atoms with Crippen molar-refractivity contribution in [1.82, 2.24) is 5.32 Å². The Bertz CT molecular complexity index is 636. The van der Waals surface area contributed by atoms with Crippen molar-refractivity contribution in [3.8, 4) is 0 Å². The van der Waals surface area contributed by atoms with Crippen LogP contribution in [0.2, 0.25) is 0 Å². The predicted octanol–water partition coefficient (Wildman–Crippen LogP) is 5.80. The quantitative estimate of drug-likeness (QED) is 0.637. The van der Waals surface area contributed by atoms with Crippen LogP contribution in [-0.2, 0) is 12.4 Å². The summed E-state index contributed by atoms with van der Waals surface area (Å²) < 4.78 is 76.5. The largest absolute Gasteiger partial charge is 0.416 e. The molecule has 0 aromatic heterocycles. The fourth-order valence-corrected chi connectivity index (χ4v) is 1.58. The first-order chi connectivity index (χ1) is 11.1. The lowest BCUT2D eigenvalue weighted by molar-refractivity contribution is -0.143. The zero-order chi connectivity index (χ0) is 19.6. The van der Waals surface area contributed by atoms with Crippen LogP contribution in [0.15, 0.2) is 30.0 Å². The van der Waals surface area contributed by atoms with E-state index in [2.05, 4.69) is 5.32 Å². The molecule has 2 amide bonds. The van der Waals surface area contributed by atoms with Crippen LogP contribution in [0.4, 0.5) is 36.8 Å². The van der Waals surface area contributed by atoms with Gasteiger partial charge in [0, 0.05) is 11.9 Å². The van der Waals surface area contributed by atoms with Crippen molar-refractivity contribution < 1.29 is 31.1 Å². The van der Waals surface area contributed by atoms with Gasteiger partial charge in [0.2, 0.25) is 0 Å². The fourth-order valence-electron chi connectivity index (χ4n) is 1.58. The van der Waals surface area contributed by atoms with Gasteiger partial charge in [-0.3, -0.25) is 0 Å². The summed E-state index contributed by atoms with van der Waals surface area (Å²) in [5, 5.41) is 4.26. The summed E-state index contributed by atoms with van der Waals surface area (Å²) in [6, 6.07) is -0.0760. The van der Waals surface area contributed by atoms with Crippen molar-refractivity contribution in [1.29, 1.82) is 0 Å². The summed E-state index contributed by atoms with van der Waals surface area (Å²) in [5.41, 5.74) is -3.10. The van der Waals surface area contributed by atoms with Crippen LogP contribution in [0.25, 0.3) is 0 Å². The summed E-state index contributed by atoms with van der Waals surface area (Å²) in [7, 11) is 0. The molecule has 0 aliphatic rings. The molecule has 0 heterocycles. The maximum absolute atomic E-state index is 12.8. The summed E-state index contributed by atoms with van der Waals surface area (Å²) in [6.07, 6.45) is -8.61. The minimum atomic E-state index is -4.98. The van der Waals surface area contributed by atoms with Gasteiger partial charge in [-0.1, -0.05) is 26.3 Å². The molecule has 3 nitrogen and oxygen atoms in total. The Kier molecular flexibility index (Phi) is 5.81. The van der Waals surface area contributed by atoms with Crippen LogP contribution in [0, 0.1) is 5.41 Å². The van der Waals surface area contributed by atoms with E-state index in [0.29, 0.717) is 12.1 Å². The molecule has 0 saturated carbocycles. The Morgan fingerprint density at radius 3 is 1.72 bits per heavy atom. The lowest BCUT2D eigenvalue weighted by atomic mass is 9.88. The van der Waals surface area contributed by atoms with Gasteiger partial charge >= 0.3 is 18.4 Å². The predicted molar refractivity (Wildman–Crippen MR) is 81.8 cm³/mol. The molecule has 0 unspecified atom stereocenters. The first-order valence-electron chi connectivity index (χ1n) is 7.15. The number of alkyl halides is 6. The van der Waals surface area contributed by atoms with E-state index in [1.54, 1.807) is 6.92 Å². The van der Waals surface area contributed by atoms with Gasteiger partial charge in [-0.05, 0) is 30.5 Å². The molecule has 9 heteroatoms. The highest BCUT2D eigenvalue weighted by molar-refractivity contribution is 5.90. The van der Waals surface area contributed by atoms with E-state index >= 15 is 0 Å². The fraction of sp³-hybridized carbons (Fsp3) is 0.438. The Morgan fingerprint density at radius 2 is 1.36 bits per heavy atom. The first kappa shape index (κ1) is 20.9. The second kappa shape index (κ2) is 6.97. The van der Waals surface area contributed by atoms with Gasteiger partial charge in [-0.15, -0.1) is 0 Å². The number of anilines is 1. The molecule has 0 aliphatic heterocycles. The van der Waals surface area contributed by atoms with E-state index in [9.17, 15) is 31.1 Å². The van der Waals surface area contributed by atoms with Crippen LogP contribution in [0.5, 0.6) is 0 Å². The molecule has 140 valence electrons. The summed E-state index contributed by atoms with van der Waals surface area (Å²) in [4.78, 5) is 11.7. The van der Waals surface area contributed by atoms with Gasteiger partial charge in [-0.2, -0.15) is 26.3 Å². The molecule has 0 bridgehead atoms. The van der Waals surface area contributed by atoms with Crippen LogP contribution >= 0.6 is 0 Å². The molecule has 0 saturated heterocycles. The molecule has 0 atom stereocenters. The number of hydrogen-bond donors (Lipinski definition) is 2. The van der Waals surface area contributed by atoms with Gasteiger partial charge in [0.1, 0.15) is 0 Å². The normalized spacial score (nSPS) is 13.6. The van der Waals surface area contributed by atoms with E-state index < -0.39 is 35.2 Å². The Morgan fingerprint density at radius 1 is 0.920 bits per heavy atom. The topological polar surface area (TPSA) is 41.1 Å². The number of carbonyl (C=O) groups is 1. The Hall–Kier alpha value is -2.19. The highest BCUT2D eigenvalue weighted by atomic mass is 19.4. The molecule has 1 aromatic carbocycles. The van der Waals surface area contributed by atoms with Crippen LogP contribution in [-0.4, -0.2) is 6.03 Å². The molecule has 25 heavy (non-hydrogen) atoms. The Labute approximate surface area is 141 Å². The Balaban J connectivity index is 3.07. The van der Waals surface area contributed by atoms with Crippen molar-refractivity contribution in [3.63, 3.8) is 0 Å². The minimum Gasteiger partial charge on any atom is -0.314 e. The monoisotopic (exact) mass is 368 g/mol. The number of nitrogens with one attached hydrogen (secondary N) is 2. The van der Waals surface area contributed by atoms with Crippen LogP contribution in [0.1, 0.15) is 38.8 Å². The van der Waals surface area contributed by atoms with Gasteiger partial charge in [0.15, 0.2) is 0 Å². The van der Waals surface area contributed by atoms with E-state index in [-0.39, 0.29) is 11.5 Å². The average Bonchev–Trinajstić information content (AvgIpc) is 2.41. The number of halogens is 6. The number of allylic oxidation sites excluding steroid dienone is 1. The first-order valence-corrected chi connectivity index (χ1v) is 7.15. The van der Waals surface area contributed by atoms with E-state index in [4.69, 9.17) is 0 Å². The molecular weight excluding hydrogens is 350 g/mol. The second-order valence-corrected chi connectivity index (χ2v) is 6.47. The number of hydrogen-bond acceptors (Lipinski definition) is 1. The van der Waals surface area contributed by atoms with Gasteiger partial charge in [-0.25, -0.2) is 4.79 Å². The molecule has 0 radical (unpaired) electrons. The standard InChI is InChI=1S/C16H18F6N2O/c1-9(14(2,3)4)8-23-13(25)24-12-6-10(15(17,18)19)5-11(7-12)16(20,21)22/h5-8H,1-4H3,(H2,23,24,25)/b9-8+. The number of rotatable bonds is 2. The molecule has 1 aromatic rings. The minimum absolute atomic E-state index is 0.00720. The number of urea groups is 1. The lowest BCUT2D eigenvalue weighted by Crippen LogP contribution is -2.26. The highest BCUT2D eigenvalue weighted by Gasteiger charge is 2.37. The van der Waals surface area contributed by atoms with Crippen molar-refractivity contribution in [2.45, 2.75) is 40.0 Å². The molecule has 1 rings (SSSR count). The maximum atomic E-state index is 12.8. The van der Waals surface area contributed by atoms with Gasteiger partial charge in [0.25, 0.3) is 0 Å². The molecule has 0 spiro atoms. The van der Waals surface area contributed by atoms with Crippen LogP contribution < -0.4 is 10.6 Å². The number of carbonyl (C=O) groups excluding carboxylic acids is 1. The SMILES string of the molecule is C/C(=C\NC(=O)Nc1cc(C(F)(F)F)cc(C(F)(F)F)c1)C(C)(C)C. The number of amides is 2. The zero-order valence-corrected chi connectivity index (χ0v) is 14.0. The van der Waals surface area contributed by atoms with E-state index in [0.717, 1.165) is 5.57 Å². The van der Waals surface area contributed by atoms with E-state index in [1.807, 2.05) is 26.1 Å². The smallest absolute Gasteiger partial charge is 0.314 e. The summed E-state index contributed by atoms with van der Waals surface area (Å²) >= 11 is 0. The van der Waals surface area contributed by atoms with Crippen LogP contribution in [0.3, 0.4) is 0 Å². The summed E-state index contributed by atoms with van der Waals surface area (Å²) in [5.74, 6) is 0. The average molecular weight is 368 g/mol. The molecule has 2 N–H and O–H groups in total. The third-order valence-corrected chi connectivity index (χ3v) is 3.45. The maximum Gasteiger partial charge on any atom is 0.416 e. The molecule has 0 aliphatic carbocycles. The molecule has 0 fully saturated rings.